The Hall–Kier alpha value is -0.290. The Morgan fingerprint density at radius 1 is 1.32 bits per heavy atom. The molecule has 1 saturated carbocycles. The average molecular weight is 280 g/mol. The van der Waals surface area contributed by atoms with Crippen molar-refractivity contribution in [3.63, 3.8) is 0 Å². The van der Waals surface area contributed by atoms with Crippen molar-refractivity contribution in [1.29, 1.82) is 0 Å². The van der Waals surface area contributed by atoms with Crippen LogP contribution in [-0.2, 0) is 0 Å². The molecule has 1 aliphatic carbocycles. The number of alkyl halides is 3. The van der Waals surface area contributed by atoms with Crippen LogP contribution in [0.15, 0.2) is 0 Å². The van der Waals surface area contributed by atoms with E-state index in [0.717, 1.165) is 25.9 Å². The Morgan fingerprint density at radius 3 is 2.47 bits per heavy atom. The van der Waals surface area contributed by atoms with Crippen LogP contribution >= 0.6 is 0 Å². The molecule has 5 heteroatoms. The lowest BCUT2D eigenvalue weighted by Gasteiger charge is -2.33. The summed E-state index contributed by atoms with van der Waals surface area (Å²) in [6.45, 7) is 8.33. The van der Waals surface area contributed by atoms with Crippen molar-refractivity contribution < 1.29 is 13.2 Å². The molecule has 2 unspecified atom stereocenters. The van der Waals surface area contributed by atoms with E-state index in [1.807, 2.05) is 4.90 Å². The standard InChI is InChI=1S/C14H27F3N2/c1-5-18-12-11(6-7-13(12,2)3)10-19(4)9-8-14(15,16)17/h11-12,18H,5-10H2,1-4H3. The molecular weight excluding hydrogens is 253 g/mol. The first kappa shape index (κ1) is 16.8. The van der Waals surface area contributed by atoms with E-state index in [9.17, 15) is 13.2 Å². The molecule has 0 amide bonds. The lowest BCUT2D eigenvalue weighted by molar-refractivity contribution is -0.137. The predicted molar refractivity (Wildman–Crippen MR) is 72.1 cm³/mol. The lowest BCUT2D eigenvalue weighted by Crippen LogP contribution is -2.45. The van der Waals surface area contributed by atoms with Gasteiger partial charge in [-0.25, -0.2) is 0 Å². The Bertz CT molecular complexity index is 276. The minimum absolute atomic E-state index is 0.0965. The first-order chi connectivity index (χ1) is 8.65. The summed E-state index contributed by atoms with van der Waals surface area (Å²) >= 11 is 0. The van der Waals surface area contributed by atoms with E-state index in [4.69, 9.17) is 0 Å². The number of rotatable bonds is 6. The summed E-state index contributed by atoms with van der Waals surface area (Å²) in [5, 5.41) is 3.51. The van der Waals surface area contributed by atoms with Gasteiger partial charge in [-0.15, -0.1) is 0 Å². The van der Waals surface area contributed by atoms with E-state index in [1.165, 1.54) is 0 Å². The first-order valence-electron chi connectivity index (χ1n) is 7.14. The molecular formula is C14H27F3N2. The fourth-order valence-electron chi connectivity index (χ4n) is 3.19. The number of halogens is 3. The van der Waals surface area contributed by atoms with Gasteiger partial charge in [-0.05, 0) is 37.8 Å². The molecule has 1 rings (SSSR count). The van der Waals surface area contributed by atoms with Crippen LogP contribution in [0.5, 0.6) is 0 Å². The van der Waals surface area contributed by atoms with E-state index in [-0.39, 0.29) is 12.0 Å². The number of nitrogens with zero attached hydrogens (tertiary/aromatic N) is 1. The fourth-order valence-corrected chi connectivity index (χ4v) is 3.19. The predicted octanol–water partition coefficient (Wildman–Crippen LogP) is 3.28. The van der Waals surface area contributed by atoms with Crippen molar-refractivity contribution >= 4 is 0 Å². The Balaban J connectivity index is 2.47. The van der Waals surface area contributed by atoms with Crippen molar-refractivity contribution in [3.05, 3.63) is 0 Å². The van der Waals surface area contributed by atoms with Gasteiger partial charge >= 0.3 is 6.18 Å². The van der Waals surface area contributed by atoms with Gasteiger partial charge in [-0.2, -0.15) is 13.2 Å². The number of nitrogens with one attached hydrogen (secondary N) is 1. The highest BCUT2D eigenvalue weighted by Crippen LogP contribution is 2.41. The summed E-state index contributed by atoms with van der Waals surface area (Å²) in [5.74, 6) is 0.452. The molecule has 0 aromatic rings. The highest BCUT2D eigenvalue weighted by molar-refractivity contribution is 4.96. The highest BCUT2D eigenvalue weighted by Gasteiger charge is 2.41. The molecule has 0 radical (unpaired) electrons. The second-order valence-corrected chi connectivity index (χ2v) is 6.45. The minimum atomic E-state index is -4.05. The molecule has 1 N–H and O–H groups in total. The van der Waals surface area contributed by atoms with Gasteiger partial charge in [0.15, 0.2) is 0 Å². The summed E-state index contributed by atoms with van der Waals surface area (Å²) < 4.78 is 36.6. The molecule has 0 saturated heterocycles. The Kier molecular flexibility index (Phi) is 5.68. The molecule has 1 aliphatic rings. The van der Waals surface area contributed by atoms with Gasteiger partial charge in [0.2, 0.25) is 0 Å². The molecule has 114 valence electrons. The molecule has 2 atom stereocenters. The van der Waals surface area contributed by atoms with Crippen LogP contribution in [0.1, 0.15) is 40.0 Å². The zero-order chi connectivity index (χ0) is 14.7. The maximum absolute atomic E-state index is 12.2. The summed E-state index contributed by atoms with van der Waals surface area (Å²) in [6.07, 6.45) is -2.53. The molecule has 0 aromatic carbocycles. The van der Waals surface area contributed by atoms with Crippen LogP contribution in [0, 0.1) is 11.3 Å². The molecule has 0 aromatic heterocycles. The van der Waals surface area contributed by atoms with E-state index in [1.54, 1.807) is 7.05 Å². The van der Waals surface area contributed by atoms with Crippen LogP contribution in [-0.4, -0.2) is 43.8 Å². The van der Waals surface area contributed by atoms with Crippen LogP contribution < -0.4 is 5.32 Å². The molecule has 19 heavy (non-hydrogen) atoms. The Morgan fingerprint density at radius 2 is 1.95 bits per heavy atom. The normalized spacial score (nSPS) is 27.2. The van der Waals surface area contributed by atoms with Crippen molar-refractivity contribution in [2.24, 2.45) is 11.3 Å². The van der Waals surface area contributed by atoms with Crippen molar-refractivity contribution in [3.8, 4) is 0 Å². The topological polar surface area (TPSA) is 15.3 Å². The highest BCUT2D eigenvalue weighted by atomic mass is 19.4. The molecule has 0 spiro atoms. The number of hydrogen-bond donors (Lipinski definition) is 1. The smallest absolute Gasteiger partial charge is 0.313 e. The van der Waals surface area contributed by atoms with Gasteiger partial charge in [0.05, 0.1) is 6.42 Å². The maximum Gasteiger partial charge on any atom is 0.390 e. The second-order valence-electron chi connectivity index (χ2n) is 6.45. The zero-order valence-electron chi connectivity index (χ0n) is 12.5. The van der Waals surface area contributed by atoms with Crippen LogP contribution in [0.2, 0.25) is 0 Å². The fraction of sp³-hybridized carbons (Fsp3) is 1.00. The summed E-state index contributed by atoms with van der Waals surface area (Å²) in [7, 11) is 1.79. The van der Waals surface area contributed by atoms with Gasteiger partial charge in [-0.3, -0.25) is 0 Å². The lowest BCUT2D eigenvalue weighted by atomic mass is 9.84. The van der Waals surface area contributed by atoms with Crippen LogP contribution in [0.25, 0.3) is 0 Å². The van der Waals surface area contributed by atoms with Crippen molar-refractivity contribution in [2.45, 2.75) is 52.3 Å². The third-order valence-electron chi connectivity index (χ3n) is 4.22. The quantitative estimate of drug-likeness (QED) is 0.803. The molecule has 0 bridgehead atoms. The van der Waals surface area contributed by atoms with Gasteiger partial charge in [-0.1, -0.05) is 20.8 Å². The van der Waals surface area contributed by atoms with Crippen molar-refractivity contribution in [1.82, 2.24) is 10.2 Å². The van der Waals surface area contributed by atoms with E-state index >= 15 is 0 Å². The first-order valence-corrected chi connectivity index (χ1v) is 7.14. The number of hydrogen-bond acceptors (Lipinski definition) is 2. The SMILES string of the molecule is CCNC1C(CN(C)CCC(F)(F)F)CCC1(C)C. The van der Waals surface area contributed by atoms with Gasteiger partial charge in [0.1, 0.15) is 0 Å². The van der Waals surface area contributed by atoms with Crippen molar-refractivity contribution in [2.75, 3.05) is 26.7 Å². The van der Waals surface area contributed by atoms with Gasteiger partial charge < -0.3 is 10.2 Å². The van der Waals surface area contributed by atoms with Gasteiger partial charge in [0, 0.05) is 19.1 Å². The molecule has 0 heterocycles. The van der Waals surface area contributed by atoms with E-state index in [2.05, 4.69) is 26.1 Å². The minimum Gasteiger partial charge on any atom is -0.313 e. The molecule has 1 fully saturated rings. The molecule has 0 aliphatic heterocycles. The summed E-state index contributed by atoms with van der Waals surface area (Å²) in [5.41, 5.74) is 0.242. The van der Waals surface area contributed by atoms with E-state index in [0.29, 0.717) is 12.0 Å². The third-order valence-corrected chi connectivity index (χ3v) is 4.22. The second kappa shape index (κ2) is 6.44. The van der Waals surface area contributed by atoms with Crippen LogP contribution in [0.3, 0.4) is 0 Å². The maximum atomic E-state index is 12.2. The molecule has 2 nitrogen and oxygen atoms in total. The summed E-state index contributed by atoms with van der Waals surface area (Å²) in [4.78, 5) is 1.82. The average Bonchev–Trinajstić information content (AvgIpc) is 2.53. The largest absolute Gasteiger partial charge is 0.390 e. The third kappa shape index (κ3) is 5.30. The van der Waals surface area contributed by atoms with Gasteiger partial charge in [0.25, 0.3) is 0 Å². The van der Waals surface area contributed by atoms with Crippen LogP contribution in [0.4, 0.5) is 13.2 Å². The zero-order valence-corrected chi connectivity index (χ0v) is 12.5. The van der Waals surface area contributed by atoms with E-state index < -0.39 is 12.6 Å². The Labute approximate surface area is 114 Å². The monoisotopic (exact) mass is 280 g/mol. The summed E-state index contributed by atoms with van der Waals surface area (Å²) in [6, 6.07) is 0.408.